The van der Waals surface area contributed by atoms with Gasteiger partial charge in [0.2, 0.25) is 11.8 Å². The quantitative estimate of drug-likeness (QED) is 0.724. The highest BCUT2D eigenvalue weighted by Gasteiger charge is 2.28. The second-order valence-electron chi connectivity index (χ2n) is 8.27. The molecule has 5 nitrogen and oxygen atoms in total. The first kappa shape index (κ1) is 22.0. The average molecular weight is 412 g/mol. The molecule has 2 aromatic carbocycles. The van der Waals surface area contributed by atoms with Crippen molar-refractivity contribution in [3.05, 3.63) is 66.0 Å². The summed E-state index contributed by atoms with van der Waals surface area (Å²) in [6.07, 6.45) is 1.70. The molecule has 6 heteroatoms. The second kappa shape index (κ2) is 10.3. The summed E-state index contributed by atoms with van der Waals surface area (Å²) in [7, 11) is 0. The fraction of sp³-hybridized carbons (Fsp3) is 0.417. The summed E-state index contributed by atoms with van der Waals surface area (Å²) in [6.45, 7) is 5.66. The van der Waals surface area contributed by atoms with Crippen LogP contribution < -0.4 is 10.6 Å². The Bertz CT molecular complexity index is 839. The lowest BCUT2D eigenvalue weighted by Gasteiger charge is -2.32. The highest BCUT2D eigenvalue weighted by molar-refractivity contribution is 5.92. The first-order valence-corrected chi connectivity index (χ1v) is 10.6. The molecule has 1 saturated heterocycles. The molecule has 2 N–H and O–H groups in total. The van der Waals surface area contributed by atoms with Gasteiger partial charge in [-0.1, -0.05) is 44.2 Å². The minimum atomic E-state index is -0.291. The topological polar surface area (TPSA) is 61.4 Å². The Hall–Kier alpha value is -2.73. The van der Waals surface area contributed by atoms with Gasteiger partial charge in [0, 0.05) is 12.2 Å². The van der Waals surface area contributed by atoms with E-state index in [1.54, 1.807) is 12.1 Å². The van der Waals surface area contributed by atoms with E-state index in [-0.39, 0.29) is 42.1 Å². The molecule has 0 aromatic heterocycles. The molecular formula is C24H30FN3O2. The maximum Gasteiger partial charge on any atom is 0.234 e. The van der Waals surface area contributed by atoms with Crippen molar-refractivity contribution in [1.82, 2.24) is 10.2 Å². The number of anilines is 1. The number of nitrogens with zero attached hydrogens (tertiary/aromatic N) is 1. The van der Waals surface area contributed by atoms with Gasteiger partial charge in [0.1, 0.15) is 5.82 Å². The number of piperidine rings is 1. The van der Waals surface area contributed by atoms with E-state index in [0.29, 0.717) is 6.54 Å². The Morgan fingerprint density at radius 2 is 1.80 bits per heavy atom. The predicted octanol–water partition coefficient (Wildman–Crippen LogP) is 3.99. The van der Waals surface area contributed by atoms with Gasteiger partial charge >= 0.3 is 0 Å². The number of carbonyl (C=O) groups is 2. The fourth-order valence-electron chi connectivity index (χ4n) is 3.91. The van der Waals surface area contributed by atoms with Gasteiger partial charge in [-0.25, -0.2) is 4.39 Å². The Morgan fingerprint density at radius 3 is 2.47 bits per heavy atom. The Labute approximate surface area is 177 Å². The highest BCUT2D eigenvalue weighted by Crippen LogP contribution is 2.23. The molecule has 160 valence electrons. The van der Waals surface area contributed by atoms with Crippen molar-refractivity contribution in [1.29, 1.82) is 0 Å². The van der Waals surface area contributed by atoms with Crippen LogP contribution in [0.2, 0.25) is 0 Å². The Morgan fingerprint density at radius 1 is 1.10 bits per heavy atom. The van der Waals surface area contributed by atoms with Crippen molar-refractivity contribution in [2.75, 3.05) is 25.0 Å². The molecule has 2 atom stereocenters. The summed E-state index contributed by atoms with van der Waals surface area (Å²) in [5.41, 5.74) is 1.68. The van der Waals surface area contributed by atoms with E-state index in [1.807, 2.05) is 49.1 Å². The Balaban J connectivity index is 1.55. The van der Waals surface area contributed by atoms with Gasteiger partial charge in [-0.05, 0) is 55.1 Å². The largest absolute Gasteiger partial charge is 0.348 e. The van der Waals surface area contributed by atoms with Gasteiger partial charge in [0.15, 0.2) is 0 Å². The zero-order valence-electron chi connectivity index (χ0n) is 17.6. The first-order chi connectivity index (χ1) is 14.4. The van der Waals surface area contributed by atoms with E-state index in [2.05, 4.69) is 10.6 Å². The average Bonchev–Trinajstić information content (AvgIpc) is 2.73. The number of hydrogen-bond donors (Lipinski definition) is 2. The minimum Gasteiger partial charge on any atom is -0.348 e. The van der Waals surface area contributed by atoms with E-state index in [0.717, 1.165) is 30.6 Å². The van der Waals surface area contributed by atoms with Crippen LogP contribution in [0.25, 0.3) is 0 Å². The van der Waals surface area contributed by atoms with Crippen LogP contribution in [0.1, 0.15) is 38.3 Å². The minimum absolute atomic E-state index is 0.00215. The summed E-state index contributed by atoms with van der Waals surface area (Å²) >= 11 is 0. The van der Waals surface area contributed by atoms with Crippen LogP contribution in [0.3, 0.4) is 0 Å². The number of halogens is 1. The lowest BCUT2D eigenvalue weighted by molar-refractivity contribution is -0.126. The predicted molar refractivity (Wildman–Crippen MR) is 116 cm³/mol. The molecule has 0 unspecified atom stereocenters. The van der Waals surface area contributed by atoms with Crippen LogP contribution in [-0.4, -0.2) is 36.3 Å². The molecule has 0 bridgehead atoms. The molecule has 2 aromatic rings. The summed E-state index contributed by atoms with van der Waals surface area (Å²) in [4.78, 5) is 27.4. The standard InChI is InChI=1S/C24H30FN3O2/c1-17(2)23(18-10-12-20(25)13-11-18)27-22(29)16-28-14-6-7-19(15-28)24(30)26-21-8-4-3-5-9-21/h3-5,8-13,17,19,23H,6-7,14-16H2,1-2H3,(H,26,30)(H,27,29)/t19-,23+/m1/s1. The zero-order chi connectivity index (χ0) is 21.5. The number of hydrogen-bond acceptors (Lipinski definition) is 3. The van der Waals surface area contributed by atoms with E-state index in [9.17, 15) is 14.0 Å². The van der Waals surface area contributed by atoms with Crippen molar-refractivity contribution >= 4 is 17.5 Å². The van der Waals surface area contributed by atoms with Crippen LogP contribution in [0.15, 0.2) is 54.6 Å². The number of carbonyl (C=O) groups excluding carboxylic acids is 2. The third kappa shape index (κ3) is 6.13. The number of likely N-dealkylation sites (tertiary alicyclic amines) is 1. The molecule has 1 aliphatic rings. The molecule has 0 aliphatic carbocycles. The normalized spacial score (nSPS) is 18.1. The molecule has 1 fully saturated rings. The summed E-state index contributed by atoms with van der Waals surface area (Å²) in [5, 5.41) is 6.04. The van der Waals surface area contributed by atoms with Crippen LogP contribution in [0.5, 0.6) is 0 Å². The van der Waals surface area contributed by atoms with Crippen molar-refractivity contribution < 1.29 is 14.0 Å². The SMILES string of the molecule is CC(C)[C@H](NC(=O)CN1CCC[C@@H](C(=O)Nc2ccccc2)C1)c1ccc(F)cc1. The number of rotatable bonds is 7. The van der Waals surface area contributed by atoms with E-state index in [4.69, 9.17) is 0 Å². The third-order valence-electron chi connectivity index (χ3n) is 5.50. The van der Waals surface area contributed by atoms with Gasteiger partial charge in [0.25, 0.3) is 0 Å². The van der Waals surface area contributed by atoms with Crippen molar-refractivity contribution in [2.24, 2.45) is 11.8 Å². The summed E-state index contributed by atoms with van der Waals surface area (Å²) < 4.78 is 13.2. The monoisotopic (exact) mass is 411 g/mol. The van der Waals surface area contributed by atoms with Gasteiger partial charge in [0.05, 0.1) is 18.5 Å². The van der Waals surface area contributed by atoms with Crippen LogP contribution >= 0.6 is 0 Å². The second-order valence-corrected chi connectivity index (χ2v) is 8.27. The van der Waals surface area contributed by atoms with Gasteiger partial charge in [-0.15, -0.1) is 0 Å². The van der Waals surface area contributed by atoms with Crippen molar-refractivity contribution in [3.63, 3.8) is 0 Å². The maximum atomic E-state index is 13.2. The summed E-state index contributed by atoms with van der Waals surface area (Å²) in [5.74, 6) is -0.338. The number of para-hydroxylation sites is 1. The maximum absolute atomic E-state index is 13.2. The molecule has 2 amide bonds. The van der Waals surface area contributed by atoms with Crippen LogP contribution in [0, 0.1) is 17.7 Å². The van der Waals surface area contributed by atoms with Gasteiger partial charge in [-0.3, -0.25) is 14.5 Å². The van der Waals surface area contributed by atoms with E-state index in [1.165, 1.54) is 12.1 Å². The lowest BCUT2D eigenvalue weighted by Crippen LogP contribution is -2.46. The van der Waals surface area contributed by atoms with Gasteiger partial charge in [-0.2, -0.15) is 0 Å². The van der Waals surface area contributed by atoms with Crippen molar-refractivity contribution in [2.45, 2.75) is 32.7 Å². The third-order valence-corrected chi connectivity index (χ3v) is 5.50. The molecule has 1 heterocycles. The number of amides is 2. The molecule has 1 aliphatic heterocycles. The molecule has 30 heavy (non-hydrogen) atoms. The molecule has 0 radical (unpaired) electrons. The number of nitrogens with one attached hydrogen (secondary N) is 2. The molecular weight excluding hydrogens is 381 g/mol. The molecule has 0 saturated carbocycles. The molecule has 0 spiro atoms. The number of benzene rings is 2. The van der Waals surface area contributed by atoms with E-state index < -0.39 is 0 Å². The Kier molecular flexibility index (Phi) is 7.57. The first-order valence-electron chi connectivity index (χ1n) is 10.6. The lowest BCUT2D eigenvalue weighted by atomic mass is 9.95. The van der Waals surface area contributed by atoms with Gasteiger partial charge < -0.3 is 10.6 Å². The van der Waals surface area contributed by atoms with Crippen LogP contribution in [-0.2, 0) is 9.59 Å². The fourth-order valence-corrected chi connectivity index (χ4v) is 3.91. The van der Waals surface area contributed by atoms with Crippen molar-refractivity contribution in [3.8, 4) is 0 Å². The zero-order valence-corrected chi connectivity index (χ0v) is 17.6. The molecule has 3 rings (SSSR count). The smallest absolute Gasteiger partial charge is 0.234 e. The highest BCUT2D eigenvalue weighted by atomic mass is 19.1. The van der Waals surface area contributed by atoms with Crippen LogP contribution in [0.4, 0.5) is 10.1 Å². The van der Waals surface area contributed by atoms with E-state index >= 15 is 0 Å². The summed E-state index contributed by atoms with van der Waals surface area (Å²) in [6, 6.07) is 15.5.